The summed E-state index contributed by atoms with van der Waals surface area (Å²) in [5.41, 5.74) is 3.22. The second-order valence-corrected chi connectivity index (χ2v) is 8.48. The predicted molar refractivity (Wildman–Crippen MR) is 123 cm³/mol. The summed E-state index contributed by atoms with van der Waals surface area (Å²) >= 11 is 5.79. The fraction of sp³-hybridized carbons (Fsp3) is 0.316. The van der Waals surface area contributed by atoms with Crippen LogP contribution in [0.2, 0.25) is 5.02 Å². The average molecular weight is 522 g/mol. The maximum atomic E-state index is 12.3. The van der Waals surface area contributed by atoms with E-state index in [-0.39, 0.29) is 35.4 Å². The zero-order chi connectivity index (χ0) is 19.3. The van der Waals surface area contributed by atoms with Crippen LogP contribution in [0.15, 0.2) is 52.4 Å². The smallest absolute Gasteiger partial charge is 0.240 e. The maximum Gasteiger partial charge on any atom is 0.240 e. The Morgan fingerprint density at radius 3 is 2.22 bits per heavy atom. The van der Waals surface area contributed by atoms with Gasteiger partial charge in [0.25, 0.3) is 0 Å². The van der Waals surface area contributed by atoms with Gasteiger partial charge in [0.05, 0.1) is 10.6 Å². The van der Waals surface area contributed by atoms with Crippen molar-refractivity contribution < 1.29 is 8.42 Å². The minimum absolute atomic E-state index is 0. The van der Waals surface area contributed by atoms with Gasteiger partial charge < -0.3 is 4.90 Å². The van der Waals surface area contributed by atoms with E-state index in [1.54, 1.807) is 12.1 Å². The summed E-state index contributed by atoms with van der Waals surface area (Å²) in [5.74, 6) is 0.820. The molecule has 0 atom stereocenters. The molecule has 0 saturated heterocycles. The first-order valence-corrected chi connectivity index (χ1v) is 10.1. The Morgan fingerprint density at radius 1 is 1.11 bits per heavy atom. The molecule has 8 heteroatoms. The lowest BCUT2D eigenvalue weighted by Crippen LogP contribution is -2.35. The summed E-state index contributed by atoms with van der Waals surface area (Å²) in [6.45, 7) is 6.77. The van der Waals surface area contributed by atoms with Gasteiger partial charge in [-0.15, -0.1) is 24.0 Å². The summed E-state index contributed by atoms with van der Waals surface area (Å²) in [6.07, 6.45) is 0. The van der Waals surface area contributed by atoms with E-state index in [4.69, 9.17) is 11.6 Å². The molecule has 0 bridgehead atoms. The van der Waals surface area contributed by atoms with Crippen LogP contribution in [0.5, 0.6) is 0 Å². The Hall–Kier alpha value is -1.16. The number of hydrogen-bond acceptors (Lipinski definition) is 3. The molecule has 0 spiro atoms. The number of aryl methyl sites for hydroxylation is 2. The van der Waals surface area contributed by atoms with Crippen molar-refractivity contribution in [1.82, 2.24) is 9.62 Å². The Morgan fingerprint density at radius 2 is 1.67 bits per heavy atom. The van der Waals surface area contributed by atoms with Crippen LogP contribution in [0.1, 0.15) is 18.1 Å². The standard InChI is InChI=1S/C19H24ClN3O2S.HI/c1-14-11-15(2)13-18(12-14)22-16(3)23(4)10-9-21-26(24,25)19-7-5-17(20)6-8-19;/h5-8,11-13,21H,9-10H2,1-4H3;1H. The lowest BCUT2D eigenvalue weighted by Gasteiger charge is -2.19. The number of nitrogens with one attached hydrogen (secondary N) is 1. The first kappa shape index (κ1) is 23.9. The van der Waals surface area contributed by atoms with Gasteiger partial charge in [-0.1, -0.05) is 17.7 Å². The van der Waals surface area contributed by atoms with Gasteiger partial charge in [-0.3, -0.25) is 0 Å². The molecule has 0 heterocycles. The van der Waals surface area contributed by atoms with Gasteiger partial charge in [-0.2, -0.15) is 0 Å². The van der Waals surface area contributed by atoms with Crippen molar-refractivity contribution in [3.63, 3.8) is 0 Å². The van der Waals surface area contributed by atoms with Gasteiger partial charge in [0.15, 0.2) is 0 Å². The first-order chi connectivity index (χ1) is 12.2. The number of halogens is 2. The molecular formula is C19H25ClIN3O2S. The third kappa shape index (κ3) is 7.40. The van der Waals surface area contributed by atoms with Gasteiger partial charge in [0.2, 0.25) is 10.0 Å². The second-order valence-electron chi connectivity index (χ2n) is 6.28. The molecule has 0 fully saturated rings. The molecule has 2 rings (SSSR count). The van der Waals surface area contributed by atoms with Crippen molar-refractivity contribution >= 4 is 57.1 Å². The molecule has 0 aliphatic rings. The van der Waals surface area contributed by atoms with E-state index in [1.165, 1.54) is 12.1 Å². The Bertz CT molecular complexity index is 879. The number of hydrogen-bond donors (Lipinski definition) is 1. The lowest BCUT2D eigenvalue weighted by molar-refractivity contribution is 0.497. The molecule has 148 valence electrons. The van der Waals surface area contributed by atoms with E-state index in [1.807, 2.05) is 44.9 Å². The van der Waals surface area contributed by atoms with Crippen LogP contribution in [0.3, 0.4) is 0 Å². The highest BCUT2D eigenvalue weighted by Gasteiger charge is 2.13. The molecular weight excluding hydrogens is 497 g/mol. The molecule has 0 amide bonds. The normalized spacial score (nSPS) is 11.8. The zero-order valence-electron chi connectivity index (χ0n) is 15.9. The van der Waals surface area contributed by atoms with E-state index in [0.717, 1.165) is 22.6 Å². The first-order valence-electron chi connectivity index (χ1n) is 8.27. The topological polar surface area (TPSA) is 61.8 Å². The van der Waals surface area contributed by atoms with E-state index < -0.39 is 10.0 Å². The Balaban J connectivity index is 0.00000364. The number of sulfonamides is 1. The molecule has 5 nitrogen and oxygen atoms in total. The highest BCUT2D eigenvalue weighted by molar-refractivity contribution is 14.0. The predicted octanol–water partition coefficient (Wildman–Crippen LogP) is 4.54. The van der Waals surface area contributed by atoms with Crippen LogP contribution in [0, 0.1) is 13.8 Å². The monoisotopic (exact) mass is 521 g/mol. The van der Waals surface area contributed by atoms with Gasteiger partial charge in [-0.25, -0.2) is 18.1 Å². The van der Waals surface area contributed by atoms with Gasteiger partial charge in [-0.05, 0) is 68.3 Å². The number of likely N-dealkylation sites (N-methyl/N-ethyl adjacent to an activating group) is 1. The van der Waals surface area contributed by atoms with Crippen LogP contribution < -0.4 is 4.72 Å². The minimum atomic E-state index is -3.54. The number of rotatable bonds is 6. The van der Waals surface area contributed by atoms with Crippen molar-refractivity contribution in [2.75, 3.05) is 20.1 Å². The van der Waals surface area contributed by atoms with Crippen LogP contribution in [-0.2, 0) is 10.0 Å². The summed E-state index contributed by atoms with van der Waals surface area (Å²) in [6, 6.07) is 12.2. The third-order valence-electron chi connectivity index (χ3n) is 3.91. The maximum absolute atomic E-state index is 12.3. The van der Waals surface area contributed by atoms with E-state index in [9.17, 15) is 8.42 Å². The molecule has 27 heavy (non-hydrogen) atoms. The quantitative estimate of drug-likeness (QED) is 0.345. The van der Waals surface area contributed by atoms with Crippen LogP contribution in [0.4, 0.5) is 5.69 Å². The van der Waals surface area contributed by atoms with Crippen molar-refractivity contribution in [1.29, 1.82) is 0 Å². The molecule has 0 unspecified atom stereocenters. The fourth-order valence-electron chi connectivity index (χ4n) is 2.49. The SMILES string of the molecule is CC(=Nc1cc(C)cc(C)c1)N(C)CCNS(=O)(=O)c1ccc(Cl)cc1.I. The van der Waals surface area contributed by atoms with Crippen molar-refractivity contribution in [3.8, 4) is 0 Å². The third-order valence-corrected chi connectivity index (χ3v) is 5.64. The number of amidine groups is 1. The van der Waals surface area contributed by atoms with Crippen molar-refractivity contribution in [3.05, 3.63) is 58.6 Å². The van der Waals surface area contributed by atoms with Crippen molar-refractivity contribution in [2.24, 2.45) is 4.99 Å². The van der Waals surface area contributed by atoms with Gasteiger partial charge in [0.1, 0.15) is 5.84 Å². The largest absolute Gasteiger partial charge is 0.362 e. The highest BCUT2D eigenvalue weighted by Crippen LogP contribution is 2.17. The molecule has 2 aromatic carbocycles. The molecule has 0 aliphatic carbocycles. The number of nitrogens with zero attached hydrogens (tertiary/aromatic N) is 2. The summed E-state index contributed by atoms with van der Waals surface area (Å²) in [5, 5.41) is 0.502. The molecule has 2 aromatic rings. The summed E-state index contributed by atoms with van der Waals surface area (Å²) in [7, 11) is -1.66. The molecule has 0 saturated carbocycles. The average Bonchev–Trinajstić information content (AvgIpc) is 2.54. The lowest BCUT2D eigenvalue weighted by atomic mass is 10.1. The van der Waals surface area contributed by atoms with E-state index >= 15 is 0 Å². The van der Waals surface area contributed by atoms with Gasteiger partial charge >= 0.3 is 0 Å². The Labute approximate surface area is 183 Å². The molecule has 0 aliphatic heterocycles. The number of benzene rings is 2. The van der Waals surface area contributed by atoms with Crippen LogP contribution in [-0.4, -0.2) is 39.3 Å². The molecule has 0 aromatic heterocycles. The van der Waals surface area contributed by atoms with E-state index in [2.05, 4.69) is 15.8 Å². The van der Waals surface area contributed by atoms with Crippen LogP contribution >= 0.6 is 35.6 Å². The Kier molecular flexibility index (Phi) is 9.20. The van der Waals surface area contributed by atoms with Gasteiger partial charge in [0, 0.05) is 25.2 Å². The van der Waals surface area contributed by atoms with Crippen LogP contribution in [0.25, 0.3) is 0 Å². The van der Waals surface area contributed by atoms with Crippen molar-refractivity contribution in [2.45, 2.75) is 25.7 Å². The minimum Gasteiger partial charge on any atom is -0.362 e. The molecule has 1 N–H and O–H groups in total. The molecule has 0 radical (unpaired) electrons. The number of aliphatic imine (C=N–C) groups is 1. The summed E-state index contributed by atoms with van der Waals surface area (Å²) < 4.78 is 27.1. The zero-order valence-corrected chi connectivity index (χ0v) is 19.8. The highest BCUT2D eigenvalue weighted by atomic mass is 127. The fourth-order valence-corrected chi connectivity index (χ4v) is 3.64. The second kappa shape index (κ2) is 10.4. The summed E-state index contributed by atoms with van der Waals surface area (Å²) in [4.78, 5) is 6.73. The van der Waals surface area contributed by atoms with E-state index in [0.29, 0.717) is 11.6 Å².